The third-order valence-electron chi connectivity index (χ3n) is 4.26. The number of aromatic nitrogens is 1. The molecular formula is C19H18ClNO5. The fraction of sp³-hybridized carbons (Fsp3) is 0.316. The van der Waals surface area contributed by atoms with Gasteiger partial charge in [-0.1, -0.05) is 16.8 Å². The summed E-state index contributed by atoms with van der Waals surface area (Å²) in [6.07, 6.45) is 0.685. The summed E-state index contributed by atoms with van der Waals surface area (Å²) in [5.74, 6) is 0.330. The highest BCUT2D eigenvalue weighted by Gasteiger charge is 2.14. The van der Waals surface area contributed by atoms with Gasteiger partial charge < -0.3 is 13.7 Å². The smallest absolute Gasteiger partial charge is 0.336 e. The van der Waals surface area contributed by atoms with Crippen LogP contribution in [0.5, 0.6) is 0 Å². The van der Waals surface area contributed by atoms with Crippen LogP contribution in [0.4, 0.5) is 0 Å². The molecule has 0 bridgehead atoms. The molecule has 0 amide bonds. The van der Waals surface area contributed by atoms with E-state index in [1.54, 1.807) is 12.1 Å². The maximum Gasteiger partial charge on any atom is 0.336 e. The SMILES string of the molecule is Cc1cc2oc(=O)cc(COC(=O)CCc3c(C)noc3C)c2cc1Cl. The second-order valence-corrected chi connectivity index (χ2v) is 6.56. The monoisotopic (exact) mass is 375 g/mol. The van der Waals surface area contributed by atoms with Gasteiger partial charge in [-0.25, -0.2) is 4.79 Å². The molecule has 0 N–H and O–H groups in total. The molecular weight excluding hydrogens is 358 g/mol. The maximum absolute atomic E-state index is 12.1. The van der Waals surface area contributed by atoms with Crippen molar-refractivity contribution in [3.8, 4) is 0 Å². The lowest BCUT2D eigenvalue weighted by atomic mass is 10.1. The Kier molecular flexibility index (Phi) is 5.13. The van der Waals surface area contributed by atoms with Crippen molar-refractivity contribution in [3.63, 3.8) is 0 Å². The molecule has 2 aromatic heterocycles. The van der Waals surface area contributed by atoms with E-state index in [0.29, 0.717) is 33.7 Å². The first-order chi connectivity index (χ1) is 12.3. The van der Waals surface area contributed by atoms with E-state index in [1.807, 2.05) is 20.8 Å². The van der Waals surface area contributed by atoms with Crippen molar-refractivity contribution in [2.45, 2.75) is 40.2 Å². The van der Waals surface area contributed by atoms with Gasteiger partial charge in [-0.2, -0.15) is 0 Å². The summed E-state index contributed by atoms with van der Waals surface area (Å²) in [4.78, 5) is 23.8. The van der Waals surface area contributed by atoms with Crippen molar-refractivity contribution in [3.05, 3.63) is 61.8 Å². The number of fused-ring (bicyclic) bond motifs is 1. The number of carbonyl (C=O) groups is 1. The van der Waals surface area contributed by atoms with Crippen LogP contribution in [0.2, 0.25) is 5.02 Å². The molecule has 0 saturated heterocycles. The van der Waals surface area contributed by atoms with Crippen LogP contribution in [0.3, 0.4) is 0 Å². The topological polar surface area (TPSA) is 82.5 Å². The fourth-order valence-corrected chi connectivity index (χ4v) is 2.95. The summed E-state index contributed by atoms with van der Waals surface area (Å²) in [6.45, 7) is 5.44. The number of esters is 1. The van der Waals surface area contributed by atoms with Crippen LogP contribution < -0.4 is 5.63 Å². The number of benzene rings is 1. The van der Waals surface area contributed by atoms with Crippen LogP contribution >= 0.6 is 11.6 Å². The second kappa shape index (κ2) is 7.33. The number of nitrogens with zero attached hydrogens (tertiary/aromatic N) is 1. The van der Waals surface area contributed by atoms with Gasteiger partial charge in [0, 0.05) is 34.0 Å². The highest BCUT2D eigenvalue weighted by molar-refractivity contribution is 6.32. The standard InChI is InChI=1S/C19H18ClNO5/c1-10-6-17-15(8-16(10)20)13(7-19(23)25-17)9-24-18(22)5-4-14-11(2)21-26-12(14)3/h6-8H,4-5,9H2,1-3H3. The molecule has 0 radical (unpaired) electrons. The van der Waals surface area contributed by atoms with Crippen LogP contribution in [-0.2, 0) is 22.6 Å². The van der Waals surface area contributed by atoms with Gasteiger partial charge in [0.15, 0.2) is 0 Å². The Labute approximate surface area is 154 Å². The molecule has 0 fully saturated rings. The normalized spacial score (nSPS) is 11.1. The Hall–Kier alpha value is -2.60. The molecule has 136 valence electrons. The molecule has 0 unspecified atom stereocenters. The van der Waals surface area contributed by atoms with Gasteiger partial charge in [-0.3, -0.25) is 4.79 Å². The number of halogens is 1. The van der Waals surface area contributed by atoms with E-state index < -0.39 is 5.63 Å². The Bertz CT molecular complexity index is 1010. The lowest BCUT2D eigenvalue weighted by Gasteiger charge is -2.08. The van der Waals surface area contributed by atoms with E-state index in [9.17, 15) is 9.59 Å². The average molecular weight is 376 g/mol. The summed E-state index contributed by atoms with van der Waals surface area (Å²) >= 11 is 6.16. The number of hydrogen-bond donors (Lipinski definition) is 0. The number of rotatable bonds is 5. The van der Waals surface area contributed by atoms with Gasteiger partial charge in [-0.15, -0.1) is 0 Å². The number of ether oxygens (including phenoxy) is 1. The first-order valence-electron chi connectivity index (χ1n) is 8.15. The minimum absolute atomic E-state index is 0.0259. The Morgan fingerprint density at radius 2 is 2.00 bits per heavy atom. The summed E-state index contributed by atoms with van der Waals surface area (Å²) in [6, 6.07) is 4.72. The summed E-state index contributed by atoms with van der Waals surface area (Å²) in [7, 11) is 0. The summed E-state index contributed by atoms with van der Waals surface area (Å²) in [5.41, 5.74) is 2.96. The second-order valence-electron chi connectivity index (χ2n) is 6.15. The predicted octanol–water partition coefficient (Wildman–Crippen LogP) is 4.04. The van der Waals surface area contributed by atoms with Crippen molar-refractivity contribution in [2.24, 2.45) is 0 Å². The van der Waals surface area contributed by atoms with Gasteiger partial charge in [-0.05, 0) is 44.9 Å². The molecule has 0 atom stereocenters. The van der Waals surface area contributed by atoms with E-state index in [4.69, 9.17) is 25.3 Å². The minimum Gasteiger partial charge on any atom is -0.461 e. The molecule has 6 nitrogen and oxygen atoms in total. The van der Waals surface area contributed by atoms with Gasteiger partial charge in [0.1, 0.15) is 18.0 Å². The zero-order valence-electron chi connectivity index (χ0n) is 14.7. The molecule has 0 spiro atoms. The first kappa shape index (κ1) is 18.2. The minimum atomic E-state index is -0.499. The van der Waals surface area contributed by atoms with E-state index in [2.05, 4.69) is 5.16 Å². The quantitative estimate of drug-likeness (QED) is 0.494. The predicted molar refractivity (Wildman–Crippen MR) is 96.3 cm³/mol. The zero-order chi connectivity index (χ0) is 18.8. The van der Waals surface area contributed by atoms with E-state index in [-0.39, 0.29) is 19.0 Å². The highest BCUT2D eigenvalue weighted by Crippen LogP contribution is 2.25. The van der Waals surface area contributed by atoms with Crippen molar-refractivity contribution >= 4 is 28.5 Å². The van der Waals surface area contributed by atoms with E-state index >= 15 is 0 Å². The van der Waals surface area contributed by atoms with Crippen molar-refractivity contribution in [1.29, 1.82) is 0 Å². The number of hydrogen-bond acceptors (Lipinski definition) is 6. The lowest BCUT2D eigenvalue weighted by Crippen LogP contribution is -2.09. The lowest BCUT2D eigenvalue weighted by molar-refractivity contribution is -0.144. The molecule has 0 saturated carbocycles. The molecule has 0 aliphatic heterocycles. The zero-order valence-corrected chi connectivity index (χ0v) is 15.5. The molecule has 0 aliphatic rings. The maximum atomic E-state index is 12.1. The van der Waals surface area contributed by atoms with Crippen LogP contribution in [-0.4, -0.2) is 11.1 Å². The van der Waals surface area contributed by atoms with Crippen molar-refractivity contribution in [2.75, 3.05) is 0 Å². The van der Waals surface area contributed by atoms with Crippen LogP contribution in [0, 0.1) is 20.8 Å². The largest absolute Gasteiger partial charge is 0.461 e. The van der Waals surface area contributed by atoms with Gasteiger partial charge >= 0.3 is 11.6 Å². The third kappa shape index (κ3) is 3.80. The number of aryl methyl sites for hydroxylation is 3. The summed E-state index contributed by atoms with van der Waals surface area (Å²) in [5, 5.41) is 5.07. The Morgan fingerprint density at radius 1 is 1.23 bits per heavy atom. The van der Waals surface area contributed by atoms with Crippen LogP contribution in [0.15, 0.2) is 31.9 Å². The third-order valence-corrected chi connectivity index (χ3v) is 4.67. The molecule has 3 rings (SSSR count). The first-order valence-corrected chi connectivity index (χ1v) is 8.53. The average Bonchev–Trinajstić information content (AvgIpc) is 2.90. The molecule has 0 aliphatic carbocycles. The summed E-state index contributed by atoms with van der Waals surface area (Å²) < 4.78 is 15.6. The molecule has 2 heterocycles. The van der Waals surface area contributed by atoms with Crippen molar-refractivity contribution < 1.29 is 18.5 Å². The van der Waals surface area contributed by atoms with Crippen molar-refractivity contribution in [1.82, 2.24) is 5.16 Å². The number of carbonyl (C=O) groups excluding carboxylic acids is 1. The Morgan fingerprint density at radius 3 is 2.69 bits per heavy atom. The Balaban J connectivity index is 1.72. The highest BCUT2D eigenvalue weighted by atomic mass is 35.5. The van der Waals surface area contributed by atoms with Gasteiger partial charge in [0.05, 0.1) is 5.69 Å². The molecule has 3 aromatic rings. The van der Waals surface area contributed by atoms with Gasteiger partial charge in [0.25, 0.3) is 0 Å². The van der Waals surface area contributed by atoms with E-state index in [0.717, 1.165) is 16.8 Å². The molecule has 26 heavy (non-hydrogen) atoms. The molecule has 7 heteroatoms. The van der Waals surface area contributed by atoms with Crippen LogP contribution in [0.1, 0.15) is 34.6 Å². The fourth-order valence-electron chi connectivity index (χ4n) is 2.78. The van der Waals surface area contributed by atoms with E-state index in [1.165, 1.54) is 6.07 Å². The van der Waals surface area contributed by atoms with Gasteiger partial charge in [0.2, 0.25) is 0 Å². The van der Waals surface area contributed by atoms with Crippen LogP contribution in [0.25, 0.3) is 11.0 Å². The molecule has 1 aromatic carbocycles.